The van der Waals surface area contributed by atoms with Crippen molar-refractivity contribution >= 4 is 35.3 Å². The Hall–Kier alpha value is -3.12. The second-order valence-corrected chi connectivity index (χ2v) is 11.6. The van der Waals surface area contributed by atoms with Gasteiger partial charge in [-0.15, -0.1) is 0 Å². The van der Waals surface area contributed by atoms with E-state index in [1.165, 1.54) is 14.2 Å². The molecular formula is C30H39ClN2O9. The SMILES string of the molecule is CCC(=O)OC1CC(=O)Nc2cc(cc(OC)c2Cl)CC(C)=CC=CC(OC)C2(O)CC(OC(=O)N2)C(C)C2OC12C. The Bertz CT molecular complexity index is 1280. The molecule has 7 unspecified atom stereocenters. The number of carbonyl (C=O) groups excluding carboxylic acids is 3. The number of alkyl carbamates (subject to hydrolysis) is 1. The van der Waals surface area contributed by atoms with E-state index in [-0.39, 0.29) is 24.3 Å². The summed E-state index contributed by atoms with van der Waals surface area (Å²) in [4.78, 5) is 38.3. The minimum absolute atomic E-state index is 0.00538. The highest BCUT2D eigenvalue weighted by atomic mass is 35.5. The third-order valence-electron chi connectivity index (χ3n) is 8.08. The van der Waals surface area contributed by atoms with E-state index in [1.807, 2.05) is 19.9 Å². The standard InChI is InChI=1S/C30H39ClN2O9/c1-7-25(35)41-23-14-24(34)32-19-12-18(13-20(38-5)26(19)31)11-16(2)9-8-10-22(39-6)30(37)15-21(40-28(36)33-30)17(3)27-29(23,4)42-27/h8-10,12-13,17,21-23,27,37H,7,11,14-15H2,1-6H3,(H,32,34)(H,33,36). The van der Waals surface area contributed by atoms with E-state index in [4.69, 9.17) is 35.3 Å². The zero-order valence-corrected chi connectivity index (χ0v) is 25.4. The van der Waals surface area contributed by atoms with Gasteiger partial charge in [-0.3, -0.25) is 14.9 Å². The number of rotatable bonds is 4. The number of methoxy groups -OCH3 is 2. The largest absolute Gasteiger partial charge is 0.495 e. The molecule has 11 nitrogen and oxygen atoms in total. The zero-order valence-electron chi connectivity index (χ0n) is 24.7. The fourth-order valence-corrected chi connectivity index (χ4v) is 5.88. The smallest absolute Gasteiger partial charge is 0.409 e. The monoisotopic (exact) mass is 606 g/mol. The van der Waals surface area contributed by atoms with Crippen molar-refractivity contribution in [3.63, 3.8) is 0 Å². The molecule has 0 radical (unpaired) electrons. The van der Waals surface area contributed by atoms with E-state index in [9.17, 15) is 19.5 Å². The molecule has 1 aromatic rings. The lowest BCUT2D eigenvalue weighted by Crippen LogP contribution is -2.63. The number of epoxide rings is 1. The maximum absolute atomic E-state index is 13.3. The van der Waals surface area contributed by atoms with Crippen LogP contribution in [0, 0.1) is 5.92 Å². The number of nitrogens with one attached hydrogen (secondary N) is 2. The molecule has 230 valence electrons. The van der Waals surface area contributed by atoms with Gasteiger partial charge >= 0.3 is 12.1 Å². The van der Waals surface area contributed by atoms with Crippen LogP contribution in [0.25, 0.3) is 0 Å². The second kappa shape index (κ2) is 12.6. The van der Waals surface area contributed by atoms with E-state index in [2.05, 4.69) is 10.6 Å². The van der Waals surface area contributed by atoms with Gasteiger partial charge in [0.05, 0.1) is 25.3 Å². The molecule has 0 aromatic heterocycles. The minimum Gasteiger partial charge on any atom is -0.495 e. The summed E-state index contributed by atoms with van der Waals surface area (Å²) in [6.07, 6.45) is 1.74. The molecule has 0 saturated carbocycles. The maximum Gasteiger partial charge on any atom is 0.409 e. The lowest BCUT2D eigenvalue weighted by molar-refractivity contribution is -0.153. The van der Waals surface area contributed by atoms with E-state index >= 15 is 0 Å². The Labute approximate surface area is 250 Å². The first kappa shape index (κ1) is 31.8. The topological polar surface area (TPSA) is 145 Å². The molecule has 3 heterocycles. The molecule has 12 heteroatoms. The van der Waals surface area contributed by atoms with Crippen LogP contribution in [0.2, 0.25) is 5.02 Å². The van der Waals surface area contributed by atoms with Crippen LogP contribution in [0.4, 0.5) is 10.5 Å². The number of aliphatic hydroxyl groups is 1. The normalized spacial score (nSPS) is 33.3. The average Bonchev–Trinajstić information content (AvgIpc) is 3.63. The summed E-state index contributed by atoms with van der Waals surface area (Å²) in [6, 6.07) is 3.55. The lowest BCUT2D eigenvalue weighted by atomic mass is 9.83. The Balaban J connectivity index is 1.76. The van der Waals surface area contributed by atoms with Gasteiger partial charge in [0.2, 0.25) is 5.91 Å². The van der Waals surface area contributed by atoms with Crippen LogP contribution in [0.15, 0.2) is 35.9 Å². The van der Waals surface area contributed by atoms with Crippen LogP contribution in [-0.2, 0) is 35.0 Å². The van der Waals surface area contributed by atoms with Crippen molar-refractivity contribution in [2.75, 3.05) is 19.5 Å². The molecule has 3 aliphatic heterocycles. The molecule has 2 amide bonds. The summed E-state index contributed by atoms with van der Waals surface area (Å²) in [7, 11) is 2.93. The second-order valence-electron chi connectivity index (χ2n) is 11.3. The fraction of sp³-hybridized carbons (Fsp3) is 0.567. The van der Waals surface area contributed by atoms with Crippen LogP contribution in [0.3, 0.4) is 0 Å². The number of ether oxygens (including phenoxy) is 5. The first-order valence-corrected chi connectivity index (χ1v) is 14.3. The van der Waals surface area contributed by atoms with Crippen LogP contribution in [0.1, 0.15) is 52.5 Å². The molecule has 1 aromatic carbocycles. The number of amides is 2. The average molecular weight is 607 g/mol. The van der Waals surface area contributed by atoms with Gasteiger partial charge in [0.1, 0.15) is 34.7 Å². The summed E-state index contributed by atoms with van der Waals surface area (Å²) in [5.74, 6) is -0.967. The number of halogens is 1. The minimum atomic E-state index is -1.76. The van der Waals surface area contributed by atoms with Crippen LogP contribution >= 0.6 is 11.6 Å². The Morgan fingerprint density at radius 2 is 2.00 bits per heavy atom. The molecule has 7 atom stereocenters. The van der Waals surface area contributed by atoms with Crippen LogP contribution in [-0.4, -0.2) is 73.0 Å². The lowest BCUT2D eigenvalue weighted by Gasteiger charge is -2.42. The van der Waals surface area contributed by atoms with Gasteiger partial charge in [0.25, 0.3) is 0 Å². The summed E-state index contributed by atoms with van der Waals surface area (Å²) in [5, 5.41) is 17.1. The van der Waals surface area contributed by atoms with E-state index < -0.39 is 59.6 Å². The Kier molecular flexibility index (Phi) is 9.56. The van der Waals surface area contributed by atoms with Gasteiger partial charge in [0.15, 0.2) is 5.72 Å². The molecule has 0 spiro atoms. The first-order chi connectivity index (χ1) is 19.8. The van der Waals surface area contributed by atoms with Gasteiger partial charge in [-0.25, -0.2) is 4.79 Å². The van der Waals surface area contributed by atoms with Crippen molar-refractivity contribution in [2.24, 2.45) is 5.92 Å². The number of fused-ring (bicyclic) bond motifs is 5. The molecule has 2 saturated heterocycles. The Morgan fingerprint density at radius 1 is 1.26 bits per heavy atom. The highest BCUT2D eigenvalue weighted by molar-refractivity contribution is 6.35. The summed E-state index contributed by atoms with van der Waals surface area (Å²) in [5.41, 5.74) is -0.675. The number of anilines is 1. The molecule has 4 rings (SSSR count). The van der Waals surface area contributed by atoms with Crippen molar-refractivity contribution in [2.45, 2.75) is 89.1 Å². The van der Waals surface area contributed by atoms with E-state index in [0.717, 1.165) is 11.1 Å². The number of benzene rings is 1. The molecule has 0 aliphatic carbocycles. The van der Waals surface area contributed by atoms with Gasteiger partial charge in [-0.1, -0.05) is 49.2 Å². The summed E-state index contributed by atoms with van der Waals surface area (Å²) >= 11 is 6.55. The van der Waals surface area contributed by atoms with Crippen molar-refractivity contribution < 1.29 is 43.2 Å². The number of esters is 1. The highest BCUT2D eigenvalue weighted by Crippen LogP contribution is 2.49. The molecule has 2 fully saturated rings. The zero-order chi connectivity index (χ0) is 30.8. The van der Waals surface area contributed by atoms with E-state index in [0.29, 0.717) is 17.9 Å². The maximum atomic E-state index is 13.3. The summed E-state index contributed by atoms with van der Waals surface area (Å²) < 4.78 is 28.4. The predicted molar refractivity (Wildman–Crippen MR) is 154 cm³/mol. The summed E-state index contributed by atoms with van der Waals surface area (Å²) in [6.45, 7) is 7.16. The molecule has 42 heavy (non-hydrogen) atoms. The van der Waals surface area contributed by atoms with Crippen LogP contribution in [0.5, 0.6) is 5.75 Å². The molecule has 4 bridgehead atoms. The van der Waals surface area contributed by atoms with Crippen molar-refractivity contribution in [3.8, 4) is 5.75 Å². The van der Waals surface area contributed by atoms with E-state index in [1.54, 1.807) is 38.1 Å². The van der Waals surface area contributed by atoms with Crippen molar-refractivity contribution in [3.05, 3.63) is 46.5 Å². The van der Waals surface area contributed by atoms with Crippen LogP contribution < -0.4 is 15.4 Å². The number of hydrogen-bond acceptors (Lipinski definition) is 9. The third-order valence-corrected chi connectivity index (χ3v) is 8.47. The molecule has 3 aliphatic rings. The number of allylic oxidation sites excluding steroid dienone is 3. The fourth-order valence-electron chi connectivity index (χ4n) is 5.65. The van der Waals surface area contributed by atoms with Crippen molar-refractivity contribution in [1.82, 2.24) is 5.32 Å². The highest BCUT2D eigenvalue weighted by Gasteiger charge is 2.64. The number of carbonyl (C=O) groups is 3. The third kappa shape index (κ3) is 6.75. The first-order valence-electron chi connectivity index (χ1n) is 13.9. The van der Waals surface area contributed by atoms with Gasteiger partial charge in [-0.2, -0.15) is 0 Å². The van der Waals surface area contributed by atoms with Gasteiger partial charge in [-0.05, 0) is 38.0 Å². The van der Waals surface area contributed by atoms with Gasteiger partial charge in [0, 0.05) is 25.9 Å². The number of hydrogen-bond donors (Lipinski definition) is 3. The predicted octanol–water partition coefficient (Wildman–Crippen LogP) is 4.05. The Morgan fingerprint density at radius 3 is 2.67 bits per heavy atom. The van der Waals surface area contributed by atoms with Crippen molar-refractivity contribution in [1.29, 1.82) is 0 Å². The quantitative estimate of drug-likeness (QED) is 0.341. The molecule has 3 N–H and O–H groups in total. The van der Waals surface area contributed by atoms with Gasteiger partial charge < -0.3 is 34.1 Å². The molecular weight excluding hydrogens is 568 g/mol.